The molecule has 1 saturated heterocycles. The van der Waals surface area contributed by atoms with E-state index in [2.05, 4.69) is 30.8 Å². The van der Waals surface area contributed by atoms with Crippen molar-refractivity contribution >= 4 is 0 Å². The summed E-state index contributed by atoms with van der Waals surface area (Å²) in [6.45, 7) is 6.48. The summed E-state index contributed by atoms with van der Waals surface area (Å²) in [5, 5.41) is 9.38. The Morgan fingerprint density at radius 3 is 2.67 bits per heavy atom. The molecule has 3 atom stereocenters. The Morgan fingerprint density at radius 1 is 1.47 bits per heavy atom. The van der Waals surface area contributed by atoms with Crippen LogP contribution in [0.25, 0.3) is 0 Å². The molecule has 0 spiro atoms. The van der Waals surface area contributed by atoms with Gasteiger partial charge in [0.1, 0.15) is 0 Å². The van der Waals surface area contributed by atoms with Crippen molar-refractivity contribution in [3.8, 4) is 0 Å². The summed E-state index contributed by atoms with van der Waals surface area (Å²) in [7, 11) is 4.39. The molecule has 0 amide bonds. The molecule has 0 aromatic rings. The summed E-state index contributed by atoms with van der Waals surface area (Å²) in [5.74, 6) is 0. The Kier molecular flexibility index (Phi) is 5.03. The highest BCUT2D eigenvalue weighted by molar-refractivity contribution is 4.81. The highest BCUT2D eigenvalue weighted by atomic mass is 16.3. The van der Waals surface area contributed by atoms with E-state index in [1.165, 1.54) is 25.9 Å². The molecule has 1 heterocycles. The maximum absolute atomic E-state index is 9.38. The number of piperidine rings is 1. The zero-order valence-corrected chi connectivity index (χ0v) is 10.6. The molecule has 0 saturated carbocycles. The van der Waals surface area contributed by atoms with Crippen LogP contribution in [0.3, 0.4) is 0 Å². The van der Waals surface area contributed by atoms with Crippen LogP contribution < -0.4 is 0 Å². The molecule has 0 aliphatic carbocycles. The van der Waals surface area contributed by atoms with Gasteiger partial charge in [-0.3, -0.25) is 4.90 Å². The molecule has 1 N–H and O–H groups in total. The predicted octanol–water partition coefficient (Wildman–Crippen LogP) is 1.17. The van der Waals surface area contributed by atoms with E-state index in [9.17, 15) is 5.11 Å². The summed E-state index contributed by atoms with van der Waals surface area (Å²) in [6.07, 6.45) is 3.28. The maximum atomic E-state index is 9.38. The highest BCUT2D eigenvalue weighted by Crippen LogP contribution is 2.17. The van der Waals surface area contributed by atoms with Crippen molar-refractivity contribution in [1.82, 2.24) is 9.80 Å². The molecule has 3 heteroatoms. The number of hydrogen-bond acceptors (Lipinski definition) is 3. The Bertz CT molecular complexity index is 184. The second-order valence-electron chi connectivity index (χ2n) is 5.16. The van der Waals surface area contributed by atoms with Crippen molar-refractivity contribution in [2.24, 2.45) is 0 Å². The minimum Gasteiger partial charge on any atom is -0.393 e. The second kappa shape index (κ2) is 5.83. The van der Waals surface area contributed by atoms with E-state index in [0.29, 0.717) is 12.1 Å². The molecule has 0 aromatic carbocycles. The van der Waals surface area contributed by atoms with Gasteiger partial charge in [-0.25, -0.2) is 0 Å². The molecule has 0 bridgehead atoms. The molecule has 3 nitrogen and oxygen atoms in total. The first kappa shape index (κ1) is 12.9. The van der Waals surface area contributed by atoms with Gasteiger partial charge in [0.25, 0.3) is 0 Å². The number of aliphatic hydroxyl groups is 1. The second-order valence-corrected chi connectivity index (χ2v) is 5.16. The van der Waals surface area contributed by atoms with Gasteiger partial charge in [-0.15, -0.1) is 0 Å². The van der Waals surface area contributed by atoms with Gasteiger partial charge in [0, 0.05) is 18.6 Å². The van der Waals surface area contributed by atoms with Gasteiger partial charge in [-0.1, -0.05) is 0 Å². The third-order valence-electron chi connectivity index (χ3n) is 3.55. The average molecular weight is 214 g/mol. The number of aliphatic hydroxyl groups excluding tert-OH is 1. The van der Waals surface area contributed by atoms with Crippen molar-refractivity contribution in [1.29, 1.82) is 0 Å². The minimum absolute atomic E-state index is 0.191. The van der Waals surface area contributed by atoms with Crippen LogP contribution in [-0.2, 0) is 0 Å². The Morgan fingerprint density at radius 2 is 2.13 bits per heavy atom. The van der Waals surface area contributed by atoms with Gasteiger partial charge in [0.15, 0.2) is 0 Å². The molecular formula is C12H26N2O. The lowest BCUT2D eigenvalue weighted by Crippen LogP contribution is -2.48. The summed E-state index contributed by atoms with van der Waals surface area (Å²) < 4.78 is 0. The summed E-state index contributed by atoms with van der Waals surface area (Å²) >= 11 is 0. The SMILES string of the molecule is CC(O)CC(C)N(C)C1CCCN(C)C1. The molecule has 15 heavy (non-hydrogen) atoms. The lowest BCUT2D eigenvalue weighted by Gasteiger charge is -2.39. The van der Waals surface area contributed by atoms with E-state index < -0.39 is 0 Å². The fourth-order valence-electron chi connectivity index (χ4n) is 2.49. The van der Waals surface area contributed by atoms with Gasteiger partial charge < -0.3 is 10.0 Å². The van der Waals surface area contributed by atoms with Gasteiger partial charge in [-0.2, -0.15) is 0 Å². The number of nitrogens with zero attached hydrogens (tertiary/aromatic N) is 2. The quantitative estimate of drug-likeness (QED) is 0.761. The predicted molar refractivity (Wildman–Crippen MR) is 64.0 cm³/mol. The van der Waals surface area contributed by atoms with Crippen LogP contribution >= 0.6 is 0 Å². The van der Waals surface area contributed by atoms with Crippen LogP contribution in [-0.4, -0.2) is 60.3 Å². The summed E-state index contributed by atoms with van der Waals surface area (Å²) in [5.41, 5.74) is 0. The van der Waals surface area contributed by atoms with E-state index in [-0.39, 0.29) is 6.10 Å². The summed E-state index contributed by atoms with van der Waals surface area (Å²) in [6, 6.07) is 1.14. The van der Waals surface area contributed by atoms with E-state index in [4.69, 9.17) is 0 Å². The molecule has 90 valence electrons. The number of likely N-dealkylation sites (N-methyl/N-ethyl adjacent to an activating group) is 2. The standard InChI is InChI=1S/C12H26N2O/c1-10(8-11(2)15)14(4)12-6-5-7-13(3)9-12/h10-12,15H,5-9H2,1-4H3. The van der Waals surface area contributed by atoms with E-state index in [1.54, 1.807) is 0 Å². The van der Waals surface area contributed by atoms with E-state index in [0.717, 1.165) is 6.42 Å². The van der Waals surface area contributed by atoms with Crippen molar-refractivity contribution in [2.75, 3.05) is 27.2 Å². The Labute approximate surface area is 94.1 Å². The fraction of sp³-hybridized carbons (Fsp3) is 1.00. The van der Waals surface area contributed by atoms with Crippen LogP contribution in [0.2, 0.25) is 0 Å². The molecule has 3 unspecified atom stereocenters. The molecule has 1 aliphatic heterocycles. The van der Waals surface area contributed by atoms with Crippen LogP contribution in [0.15, 0.2) is 0 Å². The topological polar surface area (TPSA) is 26.7 Å². The summed E-state index contributed by atoms with van der Waals surface area (Å²) in [4.78, 5) is 4.84. The van der Waals surface area contributed by atoms with Gasteiger partial charge in [-0.05, 0) is 53.8 Å². The van der Waals surface area contributed by atoms with Crippen molar-refractivity contribution < 1.29 is 5.11 Å². The fourth-order valence-corrected chi connectivity index (χ4v) is 2.49. The minimum atomic E-state index is -0.191. The monoisotopic (exact) mass is 214 g/mol. The normalized spacial score (nSPS) is 28.0. The smallest absolute Gasteiger partial charge is 0.0526 e. The van der Waals surface area contributed by atoms with Crippen LogP contribution in [0.1, 0.15) is 33.1 Å². The highest BCUT2D eigenvalue weighted by Gasteiger charge is 2.24. The first-order chi connectivity index (χ1) is 7.00. The lowest BCUT2D eigenvalue weighted by atomic mass is 10.0. The Balaban J connectivity index is 2.40. The molecule has 1 rings (SSSR count). The van der Waals surface area contributed by atoms with E-state index >= 15 is 0 Å². The number of likely N-dealkylation sites (tertiary alicyclic amines) is 1. The third kappa shape index (κ3) is 4.09. The molecule has 0 radical (unpaired) electrons. The number of rotatable bonds is 4. The number of hydrogen-bond donors (Lipinski definition) is 1. The van der Waals surface area contributed by atoms with E-state index in [1.807, 2.05) is 6.92 Å². The van der Waals surface area contributed by atoms with Gasteiger partial charge in [0.05, 0.1) is 6.10 Å². The van der Waals surface area contributed by atoms with Crippen molar-refractivity contribution in [3.63, 3.8) is 0 Å². The lowest BCUT2D eigenvalue weighted by molar-refractivity contribution is 0.0749. The van der Waals surface area contributed by atoms with Crippen LogP contribution in [0.4, 0.5) is 0 Å². The maximum Gasteiger partial charge on any atom is 0.0526 e. The first-order valence-electron chi connectivity index (χ1n) is 6.09. The van der Waals surface area contributed by atoms with Crippen molar-refractivity contribution in [2.45, 2.75) is 51.3 Å². The molecular weight excluding hydrogens is 188 g/mol. The average Bonchev–Trinajstić information content (AvgIpc) is 2.15. The third-order valence-corrected chi connectivity index (χ3v) is 3.55. The largest absolute Gasteiger partial charge is 0.393 e. The zero-order valence-electron chi connectivity index (χ0n) is 10.6. The van der Waals surface area contributed by atoms with Gasteiger partial charge >= 0.3 is 0 Å². The van der Waals surface area contributed by atoms with Crippen molar-refractivity contribution in [3.05, 3.63) is 0 Å². The van der Waals surface area contributed by atoms with Crippen LogP contribution in [0.5, 0.6) is 0 Å². The first-order valence-corrected chi connectivity index (χ1v) is 6.09. The zero-order chi connectivity index (χ0) is 11.4. The Hall–Kier alpha value is -0.120. The molecule has 1 fully saturated rings. The van der Waals surface area contributed by atoms with Gasteiger partial charge in [0.2, 0.25) is 0 Å². The molecule has 0 aromatic heterocycles. The van der Waals surface area contributed by atoms with Crippen LogP contribution in [0, 0.1) is 0 Å². The molecule has 1 aliphatic rings.